The fourth-order valence-corrected chi connectivity index (χ4v) is 2.28. The zero-order chi connectivity index (χ0) is 13.8. The van der Waals surface area contributed by atoms with Crippen LogP contribution in [0.3, 0.4) is 0 Å². The standard InChI is InChI=1S/C14H12BrN5/c15-14-4-2-1-3-11(14)9-16-12-5-7-13(8-6-12)20-10-17-18-19-20/h1-8,10,16H,9H2. The third-order valence-electron chi connectivity index (χ3n) is 2.92. The molecule has 6 heteroatoms. The molecular weight excluding hydrogens is 318 g/mol. The minimum absolute atomic E-state index is 0.769. The van der Waals surface area contributed by atoms with E-state index in [4.69, 9.17) is 0 Å². The summed E-state index contributed by atoms with van der Waals surface area (Å²) in [5.41, 5.74) is 3.20. The Hall–Kier alpha value is -2.21. The summed E-state index contributed by atoms with van der Waals surface area (Å²) < 4.78 is 2.73. The van der Waals surface area contributed by atoms with Crippen molar-refractivity contribution in [2.45, 2.75) is 6.54 Å². The summed E-state index contributed by atoms with van der Waals surface area (Å²) in [7, 11) is 0. The summed E-state index contributed by atoms with van der Waals surface area (Å²) in [5, 5.41) is 14.5. The number of hydrogen-bond donors (Lipinski definition) is 1. The van der Waals surface area contributed by atoms with Gasteiger partial charge in [-0.05, 0) is 46.3 Å². The molecule has 1 N–H and O–H groups in total. The fourth-order valence-electron chi connectivity index (χ4n) is 1.85. The Labute approximate surface area is 124 Å². The lowest BCUT2D eigenvalue weighted by atomic mass is 10.2. The number of hydrogen-bond acceptors (Lipinski definition) is 4. The van der Waals surface area contributed by atoms with Crippen LogP contribution < -0.4 is 5.32 Å². The molecule has 0 bridgehead atoms. The molecule has 1 aromatic heterocycles. The Bertz CT molecular complexity index is 679. The number of halogens is 1. The van der Waals surface area contributed by atoms with Gasteiger partial charge in [0, 0.05) is 16.7 Å². The zero-order valence-corrected chi connectivity index (χ0v) is 12.2. The molecule has 0 atom stereocenters. The van der Waals surface area contributed by atoms with E-state index in [0.717, 1.165) is 22.4 Å². The molecule has 0 aliphatic rings. The van der Waals surface area contributed by atoms with Crippen molar-refractivity contribution in [3.05, 3.63) is 64.9 Å². The molecule has 0 radical (unpaired) electrons. The lowest BCUT2D eigenvalue weighted by molar-refractivity contribution is 0.789. The average Bonchev–Trinajstić information content (AvgIpc) is 3.01. The number of anilines is 1. The number of tetrazole rings is 1. The van der Waals surface area contributed by atoms with Gasteiger partial charge in [0.25, 0.3) is 0 Å². The van der Waals surface area contributed by atoms with E-state index in [0.29, 0.717) is 0 Å². The number of nitrogens with one attached hydrogen (secondary N) is 1. The second kappa shape index (κ2) is 5.83. The summed E-state index contributed by atoms with van der Waals surface area (Å²) in [4.78, 5) is 0. The highest BCUT2D eigenvalue weighted by Crippen LogP contribution is 2.18. The van der Waals surface area contributed by atoms with E-state index < -0.39 is 0 Å². The predicted octanol–water partition coefficient (Wildman–Crippen LogP) is 3.04. The molecule has 0 spiro atoms. The third kappa shape index (κ3) is 2.85. The van der Waals surface area contributed by atoms with E-state index >= 15 is 0 Å². The lowest BCUT2D eigenvalue weighted by Gasteiger charge is -2.08. The van der Waals surface area contributed by atoms with Gasteiger partial charge in [-0.2, -0.15) is 0 Å². The largest absolute Gasteiger partial charge is 0.381 e. The summed E-state index contributed by atoms with van der Waals surface area (Å²) >= 11 is 3.54. The molecule has 0 unspecified atom stereocenters. The van der Waals surface area contributed by atoms with Crippen LogP contribution in [-0.4, -0.2) is 20.2 Å². The first-order valence-electron chi connectivity index (χ1n) is 6.13. The van der Waals surface area contributed by atoms with Crippen molar-refractivity contribution in [1.82, 2.24) is 20.2 Å². The van der Waals surface area contributed by atoms with Gasteiger partial charge in [0.1, 0.15) is 6.33 Å². The molecule has 3 rings (SSSR count). The molecule has 0 aliphatic heterocycles. The van der Waals surface area contributed by atoms with Gasteiger partial charge in [-0.15, -0.1) is 5.10 Å². The Morgan fingerprint density at radius 1 is 1.05 bits per heavy atom. The summed E-state index contributed by atoms with van der Waals surface area (Å²) in [6, 6.07) is 16.1. The predicted molar refractivity (Wildman–Crippen MR) is 80.6 cm³/mol. The molecule has 1 heterocycles. The highest BCUT2D eigenvalue weighted by Gasteiger charge is 2.00. The summed E-state index contributed by atoms with van der Waals surface area (Å²) in [6.45, 7) is 0.769. The van der Waals surface area contributed by atoms with Crippen LogP contribution >= 0.6 is 15.9 Å². The van der Waals surface area contributed by atoms with Crippen LogP contribution in [0.4, 0.5) is 5.69 Å². The van der Waals surface area contributed by atoms with Gasteiger partial charge in [0.2, 0.25) is 0 Å². The van der Waals surface area contributed by atoms with E-state index in [1.54, 1.807) is 11.0 Å². The molecule has 5 nitrogen and oxygen atoms in total. The van der Waals surface area contributed by atoms with Crippen LogP contribution in [0.1, 0.15) is 5.56 Å². The quantitative estimate of drug-likeness (QED) is 0.799. The van der Waals surface area contributed by atoms with Crippen molar-refractivity contribution in [3.63, 3.8) is 0 Å². The molecule has 0 amide bonds. The van der Waals surface area contributed by atoms with E-state index in [2.05, 4.69) is 42.8 Å². The molecule has 2 aromatic carbocycles. The van der Waals surface area contributed by atoms with E-state index in [1.165, 1.54) is 5.56 Å². The summed E-state index contributed by atoms with van der Waals surface area (Å²) in [5.74, 6) is 0. The number of aromatic nitrogens is 4. The van der Waals surface area contributed by atoms with Gasteiger partial charge >= 0.3 is 0 Å². The van der Waals surface area contributed by atoms with Gasteiger partial charge < -0.3 is 5.32 Å². The molecule has 0 saturated carbocycles. The van der Waals surface area contributed by atoms with Crippen LogP contribution in [0, 0.1) is 0 Å². The molecule has 0 saturated heterocycles. The van der Waals surface area contributed by atoms with Crippen LogP contribution in [0.5, 0.6) is 0 Å². The second-order valence-electron chi connectivity index (χ2n) is 4.25. The van der Waals surface area contributed by atoms with Crippen molar-refractivity contribution < 1.29 is 0 Å². The highest BCUT2D eigenvalue weighted by molar-refractivity contribution is 9.10. The second-order valence-corrected chi connectivity index (χ2v) is 5.10. The topological polar surface area (TPSA) is 55.6 Å². The molecule has 20 heavy (non-hydrogen) atoms. The number of benzene rings is 2. The fraction of sp³-hybridized carbons (Fsp3) is 0.0714. The Balaban J connectivity index is 1.68. The summed E-state index contributed by atoms with van der Waals surface area (Å²) in [6.07, 6.45) is 1.57. The van der Waals surface area contributed by atoms with Crippen LogP contribution in [0.25, 0.3) is 5.69 Å². The van der Waals surface area contributed by atoms with Gasteiger partial charge in [0.15, 0.2) is 0 Å². The van der Waals surface area contributed by atoms with E-state index in [-0.39, 0.29) is 0 Å². The Morgan fingerprint density at radius 2 is 1.85 bits per heavy atom. The van der Waals surface area contributed by atoms with E-state index in [9.17, 15) is 0 Å². The normalized spacial score (nSPS) is 10.4. The molecular formula is C14H12BrN5. The maximum atomic E-state index is 3.85. The van der Waals surface area contributed by atoms with Crippen molar-refractivity contribution in [2.75, 3.05) is 5.32 Å². The maximum absolute atomic E-state index is 3.85. The molecule has 0 fully saturated rings. The number of rotatable bonds is 4. The minimum atomic E-state index is 0.769. The van der Waals surface area contributed by atoms with E-state index in [1.807, 2.05) is 42.5 Å². The van der Waals surface area contributed by atoms with Crippen molar-refractivity contribution in [2.24, 2.45) is 0 Å². The van der Waals surface area contributed by atoms with Gasteiger partial charge in [-0.1, -0.05) is 34.1 Å². The van der Waals surface area contributed by atoms with Crippen LogP contribution in [-0.2, 0) is 6.54 Å². The monoisotopic (exact) mass is 329 g/mol. The average molecular weight is 330 g/mol. The first-order valence-corrected chi connectivity index (χ1v) is 6.93. The SMILES string of the molecule is Brc1ccccc1CNc1ccc(-n2cnnn2)cc1. The van der Waals surface area contributed by atoms with Crippen molar-refractivity contribution >= 4 is 21.6 Å². The van der Waals surface area contributed by atoms with Gasteiger partial charge in [-0.25, -0.2) is 4.68 Å². The highest BCUT2D eigenvalue weighted by atomic mass is 79.9. The van der Waals surface area contributed by atoms with Crippen molar-refractivity contribution in [1.29, 1.82) is 0 Å². The first kappa shape index (κ1) is 12.8. The van der Waals surface area contributed by atoms with Crippen LogP contribution in [0.2, 0.25) is 0 Å². The Morgan fingerprint density at radius 3 is 2.55 bits per heavy atom. The zero-order valence-electron chi connectivity index (χ0n) is 10.6. The minimum Gasteiger partial charge on any atom is -0.381 e. The first-order chi connectivity index (χ1) is 9.83. The number of nitrogens with zero attached hydrogens (tertiary/aromatic N) is 4. The van der Waals surface area contributed by atoms with Crippen molar-refractivity contribution in [3.8, 4) is 5.69 Å². The Kier molecular flexibility index (Phi) is 3.73. The van der Waals surface area contributed by atoms with Crippen LogP contribution in [0.15, 0.2) is 59.3 Å². The lowest BCUT2D eigenvalue weighted by Crippen LogP contribution is -2.01. The third-order valence-corrected chi connectivity index (χ3v) is 3.70. The molecule has 3 aromatic rings. The smallest absolute Gasteiger partial charge is 0.143 e. The van der Waals surface area contributed by atoms with Gasteiger partial charge in [0.05, 0.1) is 5.69 Å². The van der Waals surface area contributed by atoms with Gasteiger partial charge in [-0.3, -0.25) is 0 Å². The molecule has 0 aliphatic carbocycles. The maximum Gasteiger partial charge on any atom is 0.143 e. The molecule has 100 valence electrons.